The van der Waals surface area contributed by atoms with Crippen molar-refractivity contribution in [1.29, 1.82) is 0 Å². The number of allylic oxidation sites excluding steroid dienone is 2. The second-order valence-corrected chi connectivity index (χ2v) is 2.46. The third-order valence-corrected chi connectivity index (χ3v) is 1.72. The SMILES string of the molecule is COC1C(=C=O)C=CC=C1C(=O)O. The smallest absolute Gasteiger partial charge is 0.334 e. The zero-order valence-electron chi connectivity index (χ0n) is 6.98. The van der Waals surface area contributed by atoms with Gasteiger partial charge in [0.25, 0.3) is 0 Å². The fraction of sp³-hybridized carbons (Fsp3) is 0.222. The van der Waals surface area contributed by atoms with Gasteiger partial charge >= 0.3 is 5.97 Å². The Labute approximate surface area is 74.8 Å². The van der Waals surface area contributed by atoms with Crippen LogP contribution in [0, 0.1) is 0 Å². The Kier molecular flexibility index (Phi) is 2.80. The maximum absolute atomic E-state index is 10.7. The molecule has 4 nitrogen and oxygen atoms in total. The van der Waals surface area contributed by atoms with Crippen LogP contribution < -0.4 is 0 Å². The molecule has 0 aromatic heterocycles. The van der Waals surface area contributed by atoms with E-state index in [1.807, 2.05) is 0 Å². The van der Waals surface area contributed by atoms with E-state index in [0.717, 1.165) is 0 Å². The summed E-state index contributed by atoms with van der Waals surface area (Å²) in [5.74, 6) is 0.547. The van der Waals surface area contributed by atoms with Gasteiger partial charge in [-0.15, -0.1) is 0 Å². The number of carbonyl (C=O) groups excluding carboxylic acids is 1. The third kappa shape index (κ3) is 1.75. The number of ether oxygens (including phenoxy) is 1. The lowest BCUT2D eigenvalue weighted by atomic mass is 9.97. The van der Waals surface area contributed by atoms with Crippen molar-refractivity contribution in [3.63, 3.8) is 0 Å². The van der Waals surface area contributed by atoms with Crippen molar-refractivity contribution >= 4 is 11.9 Å². The lowest BCUT2D eigenvalue weighted by Gasteiger charge is -2.16. The van der Waals surface area contributed by atoms with Crippen molar-refractivity contribution < 1.29 is 19.4 Å². The maximum Gasteiger partial charge on any atom is 0.334 e. The molecule has 0 saturated heterocycles. The number of methoxy groups -OCH3 is 1. The number of rotatable bonds is 2. The van der Waals surface area contributed by atoms with Crippen molar-refractivity contribution in [3.05, 3.63) is 29.4 Å². The van der Waals surface area contributed by atoms with Gasteiger partial charge in [-0.2, -0.15) is 0 Å². The third-order valence-electron chi connectivity index (χ3n) is 1.72. The number of carbonyl (C=O) groups is 1. The normalized spacial score (nSPS) is 20.8. The van der Waals surface area contributed by atoms with Crippen LogP contribution in [0.2, 0.25) is 0 Å². The van der Waals surface area contributed by atoms with Crippen LogP contribution in [-0.2, 0) is 14.3 Å². The van der Waals surface area contributed by atoms with E-state index in [1.54, 1.807) is 5.94 Å². The van der Waals surface area contributed by atoms with Gasteiger partial charge in [0.1, 0.15) is 12.0 Å². The zero-order valence-corrected chi connectivity index (χ0v) is 6.98. The second-order valence-electron chi connectivity index (χ2n) is 2.46. The number of carboxylic acids is 1. The van der Waals surface area contributed by atoms with Gasteiger partial charge in [0, 0.05) is 7.11 Å². The van der Waals surface area contributed by atoms with Crippen LogP contribution >= 0.6 is 0 Å². The quantitative estimate of drug-likeness (QED) is 0.622. The minimum Gasteiger partial charge on any atom is -0.478 e. The van der Waals surface area contributed by atoms with Crippen LogP contribution in [0.4, 0.5) is 0 Å². The van der Waals surface area contributed by atoms with Crippen LogP contribution in [0.5, 0.6) is 0 Å². The predicted molar refractivity (Wildman–Crippen MR) is 44.9 cm³/mol. The van der Waals surface area contributed by atoms with Gasteiger partial charge in [-0.1, -0.05) is 6.08 Å². The molecule has 0 fully saturated rings. The molecular formula is C9H8O4. The fourth-order valence-corrected chi connectivity index (χ4v) is 1.12. The van der Waals surface area contributed by atoms with Crippen LogP contribution in [0.3, 0.4) is 0 Å². The molecule has 0 amide bonds. The summed E-state index contributed by atoms with van der Waals surface area (Å²) < 4.78 is 4.87. The van der Waals surface area contributed by atoms with Crippen LogP contribution in [0.1, 0.15) is 0 Å². The minimum absolute atomic E-state index is 0.0448. The molecule has 1 aliphatic carbocycles. The molecule has 1 atom stereocenters. The molecule has 4 heteroatoms. The number of aliphatic carboxylic acids is 1. The van der Waals surface area contributed by atoms with Gasteiger partial charge in [0.15, 0.2) is 0 Å². The molecule has 0 aliphatic heterocycles. The van der Waals surface area contributed by atoms with Crippen LogP contribution in [-0.4, -0.2) is 30.2 Å². The zero-order chi connectivity index (χ0) is 9.84. The van der Waals surface area contributed by atoms with Gasteiger partial charge in [0.05, 0.1) is 11.1 Å². The summed E-state index contributed by atoms with van der Waals surface area (Å²) in [6.45, 7) is 0. The Morgan fingerprint density at radius 3 is 2.85 bits per heavy atom. The van der Waals surface area contributed by atoms with E-state index >= 15 is 0 Å². The molecule has 0 spiro atoms. The Morgan fingerprint density at radius 2 is 2.38 bits per heavy atom. The van der Waals surface area contributed by atoms with E-state index < -0.39 is 12.1 Å². The van der Waals surface area contributed by atoms with Gasteiger partial charge in [0.2, 0.25) is 0 Å². The highest BCUT2D eigenvalue weighted by atomic mass is 16.5. The van der Waals surface area contributed by atoms with E-state index in [9.17, 15) is 9.59 Å². The van der Waals surface area contributed by atoms with Crippen LogP contribution in [0.15, 0.2) is 29.4 Å². The van der Waals surface area contributed by atoms with Crippen molar-refractivity contribution in [2.45, 2.75) is 6.10 Å². The summed E-state index contributed by atoms with van der Waals surface area (Å²) in [5.41, 5.74) is 0.241. The van der Waals surface area contributed by atoms with E-state index in [-0.39, 0.29) is 11.1 Å². The molecule has 13 heavy (non-hydrogen) atoms. The molecule has 0 aromatic carbocycles. The van der Waals surface area contributed by atoms with E-state index in [0.29, 0.717) is 0 Å². The fourth-order valence-electron chi connectivity index (χ4n) is 1.12. The summed E-state index contributed by atoms with van der Waals surface area (Å²) in [5, 5.41) is 8.73. The molecule has 68 valence electrons. The van der Waals surface area contributed by atoms with Crippen molar-refractivity contribution in [3.8, 4) is 0 Å². The van der Waals surface area contributed by atoms with Crippen molar-refractivity contribution in [1.82, 2.24) is 0 Å². The second kappa shape index (κ2) is 3.85. The Bertz CT molecular complexity index is 332. The summed E-state index contributed by atoms with van der Waals surface area (Å²) in [4.78, 5) is 21.0. The molecule has 0 radical (unpaired) electrons. The first-order chi connectivity index (χ1) is 6.20. The van der Waals surface area contributed by atoms with Crippen molar-refractivity contribution in [2.24, 2.45) is 0 Å². The highest BCUT2D eigenvalue weighted by molar-refractivity contribution is 5.91. The average Bonchev–Trinajstić information content (AvgIpc) is 2.16. The summed E-state index contributed by atoms with van der Waals surface area (Å²) in [6.07, 6.45) is 3.56. The lowest BCUT2D eigenvalue weighted by molar-refractivity contribution is -0.133. The first-order valence-electron chi connectivity index (χ1n) is 3.60. The summed E-state index contributed by atoms with van der Waals surface area (Å²) in [7, 11) is 1.35. The number of hydrogen-bond donors (Lipinski definition) is 1. The molecule has 0 saturated carbocycles. The van der Waals surface area contributed by atoms with Crippen molar-refractivity contribution in [2.75, 3.05) is 7.11 Å². The molecule has 1 rings (SSSR count). The lowest BCUT2D eigenvalue weighted by Crippen LogP contribution is -2.23. The highest BCUT2D eigenvalue weighted by Crippen LogP contribution is 2.19. The molecule has 1 N–H and O–H groups in total. The molecule has 0 aromatic rings. The molecule has 1 unspecified atom stereocenters. The highest BCUT2D eigenvalue weighted by Gasteiger charge is 2.25. The van der Waals surface area contributed by atoms with E-state index in [1.165, 1.54) is 25.3 Å². The Hall–Kier alpha value is -1.64. The first kappa shape index (κ1) is 9.45. The predicted octanol–water partition coefficient (Wildman–Crippen LogP) is 0.340. The van der Waals surface area contributed by atoms with Crippen LogP contribution in [0.25, 0.3) is 0 Å². The summed E-state index contributed by atoms with van der Waals surface area (Å²) >= 11 is 0. The first-order valence-corrected chi connectivity index (χ1v) is 3.60. The number of hydrogen-bond acceptors (Lipinski definition) is 3. The molecule has 0 bridgehead atoms. The number of carboxylic acid groups (broad SMARTS) is 1. The van der Waals surface area contributed by atoms with Gasteiger partial charge in [-0.3, -0.25) is 0 Å². The van der Waals surface area contributed by atoms with Gasteiger partial charge in [-0.05, 0) is 12.2 Å². The molecule has 0 heterocycles. The average molecular weight is 180 g/mol. The van der Waals surface area contributed by atoms with Gasteiger partial charge in [-0.25, -0.2) is 9.59 Å². The molecular weight excluding hydrogens is 172 g/mol. The standard InChI is InChI=1S/C9H8O4/c1-13-8-6(5-10)3-2-4-7(8)9(11)12/h2-4,8H,1H3,(H,11,12). The Morgan fingerprint density at radius 1 is 1.69 bits per heavy atom. The Balaban J connectivity index is 3.09. The monoisotopic (exact) mass is 180 g/mol. The largest absolute Gasteiger partial charge is 0.478 e. The minimum atomic E-state index is -1.09. The van der Waals surface area contributed by atoms with E-state index in [4.69, 9.17) is 9.84 Å². The summed E-state index contributed by atoms with van der Waals surface area (Å²) in [6, 6.07) is 0. The van der Waals surface area contributed by atoms with E-state index in [2.05, 4.69) is 0 Å². The van der Waals surface area contributed by atoms with Gasteiger partial charge < -0.3 is 9.84 Å². The molecule has 1 aliphatic rings. The topological polar surface area (TPSA) is 63.6 Å². The maximum atomic E-state index is 10.7.